The molecule has 1 atom stereocenters. The molecule has 0 aliphatic carbocycles. The Hall–Kier alpha value is -2.13. The third kappa shape index (κ3) is 4.03. The standard InChI is InChI=1S/C13H16N2O3/c1-13(2,3)18-12(17)11(15-8-16)9-4-6-10(14)7-5-9/h4-7,11H,14H2,1-3H3. The van der Waals surface area contributed by atoms with Gasteiger partial charge in [-0.3, -0.25) is 0 Å². The number of carbonyl (C=O) groups excluding carboxylic acids is 2. The summed E-state index contributed by atoms with van der Waals surface area (Å²) in [6.07, 6.45) is 1.39. The van der Waals surface area contributed by atoms with Crippen molar-refractivity contribution in [1.29, 1.82) is 0 Å². The van der Waals surface area contributed by atoms with Gasteiger partial charge in [0.15, 0.2) is 6.04 Å². The Bertz CT molecular complexity index is 468. The molecule has 0 bridgehead atoms. The van der Waals surface area contributed by atoms with E-state index in [4.69, 9.17) is 10.5 Å². The average Bonchev–Trinajstić information content (AvgIpc) is 2.25. The van der Waals surface area contributed by atoms with Crippen molar-refractivity contribution in [1.82, 2.24) is 0 Å². The summed E-state index contributed by atoms with van der Waals surface area (Å²) in [5.41, 5.74) is 6.03. The third-order valence-electron chi connectivity index (χ3n) is 2.06. The summed E-state index contributed by atoms with van der Waals surface area (Å²) in [6.45, 7) is 5.24. The monoisotopic (exact) mass is 248 g/mol. The average molecular weight is 248 g/mol. The molecule has 1 aromatic rings. The number of nitrogens with zero attached hydrogens (tertiary/aromatic N) is 1. The van der Waals surface area contributed by atoms with Crippen LogP contribution in [0.5, 0.6) is 0 Å². The van der Waals surface area contributed by atoms with Crippen LogP contribution < -0.4 is 5.73 Å². The SMILES string of the molecule is CC(C)(C)OC(=O)C(N=C=O)c1ccc(N)cc1. The summed E-state index contributed by atoms with van der Waals surface area (Å²) in [5, 5.41) is 0. The Balaban J connectivity index is 2.99. The molecule has 1 unspecified atom stereocenters. The lowest BCUT2D eigenvalue weighted by Gasteiger charge is -2.21. The van der Waals surface area contributed by atoms with E-state index in [1.54, 1.807) is 45.0 Å². The maximum Gasteiger partial charge on any atom is 0.336 e. The van der Waals surface area contributed by atoms with Gasteiger partial charge in [-0.15, -0.1) is 0 Å². The first-order valence-electron chi connectivity index (χ1n) is 5.49. The summed E-state index contributed by atoms with van der Waals surface area (Å²) < 4.78 is 5.19. The lowest BCUT2D eigenvalue weighted by Crippen LogP contribution is -2.27. The molecule has 5 heteroatoms. The summed E-state index contributed by atoms with van der Waals surface area (Å²) in [5.74, 6) is -0.587. The van der Waals surface area contributed by atoms with E-state index in [1.165, 1.54) is 6.08 Å². The van der Waals surface area contributed by atoms with Gasteiger partial charge in [-0.2, -0.15) is 4.99 Å². The first-order chi connectivity index (χ1) is 8.33. The molecule has 0 radical (unpaired) electrons. The number of carbonyl (C=O) groups is 1. The number of nitrogens with two attached hydrogens (primary N) is 1. The maximum atomic E-state index is 11.9. The number of benzene rings is 1. The molecule has 2 N–H and O–H groups in total. The minimum atomic E-state index is -0.998. The minimum absolute atomic E-state index is 0.543. The van der Waals surface area contributed by atoms with Crippen LogP contribution in [0, 0.1) is 0 Å². The number of aliphatic imine (C=N–C) groups is 1. The fraction of sp³-hybridized carbons (Fsp3) is 0.385. The van der Waals surface area contributed by atoms with Crippen molar-refractivity contribution in [2.45, 2.75) is 32.4 Å². The molecule has 0 heterocycles. The second-order valence-corrected chi connectivity index (χ2v) is 4.82. The van der Waals surface area contributed by atoms with Crippen molar-refractivity contribution >= 4 is 17.7 Å². The fourth-order valence-electron chi connectivity index (χ4n) is 1.35. The van der Waals surface area contributed by atoms with Gasteiger partial charge >= 0.3 is 5.97 Å². The van der Waals surface area contributed by atoms with Crippen LogP contribution in [0.15, 0.2) is 29.3 Å². The molecule has 18 heavy (non-hydrogen) atoms. The largest absolute Gasteiger partial charge is 0.458 e. The van der Waals surface area contributed by atoms with Gasteiger partial charge in [0.05, 0.1) is 0 Å². The number of isocyanates is 1. The Kier molecular flexibility index (Phi) is 4.23. The van der Waals surface area contributed by atoms with Crippen molar-refractivity contribution < 1.29 is 14.3 Å². The Morgan fingerprint density at radius 3 is 2.33 bits per heavy atom. The molecule has 0 spiro atoms. The van der Waals surface area contributed by atoms with E-state index >= 15 is 0 Å². The predicted molar refractivity (Wildman–Crippen MR) is 67.6 cm³/mol. The highest BCUT2D eigenvalue weighted by atomic mass is 16.6. The Labute approximate surface area is 106 Å². The highest BCUT2D eigenvalue weighted by molar-refractivity contribution is 5.79. The van der Waals surface area contributed by atoms with E-state index in [0.29, 0.717) is 11.3 Å². The highest BCUT2D eigenvalue weighted by Gasteiger charge is 2.26. The van der Waals surface area contributed by atoms with Crippen molar-refractivity contribution in [2.75, 3.05) is 5.73 Å². The van der Waals surface area contributed by atoms with Crippen LogP contribution in [0.4, 0.5) is 5.69 Å². The number of nitrogen functional groups attached to an aromatic ring is 1. The molecule has 0 aliphatic rings. The van der Waals surface area contributed by atoms with Crippen LogP contribution in [0.1, 0.15) is 32.4 Å². The number of rotatable bonds is 3. The zero-order valence-electron chi connectivity index (χ0n) is 10.6. The molecule has 96 valence electrons. The van der Waals surface area contributed by atoms with Gasteiger partial charge in [-0.05, 0) is 38.5 Å². The van der Waals surface area contributed by atoms with Crippen LogP contribution in [-0.4, -0.2) is 17.7 Å². The van der Waals surface area contributed by atoms with Gasteiger partial charge in [0.1, 0.15) is 5.60 Å². The molecule has 0 aliphatic heterocycles. The second kappa shape index (κ2) is 5.47. The molecule has 1 rings (SSSR count). The smallest absolute Gasteiger partial charge is 0.336 e. The van der Waals surface area contributed by atoms with Crippen molar-refractivity contribution in [2.24, 2.45) is 4.99 Å². The zero-order chi connectivity index (χ0) is 13.8. The van der Waals surface area contributed by atoms with E-state index in [0.717, 1.165) is 0 Å². The van der Waals surface area contributed by atoms with Crippen molar-refractivity contribution in [3.8, 4) is 0 Å². The summed E-state index contributed by atoms with van der Waals surface area (Å²) in [7, 11) is 0. The fourth-order valence-corrected chi connectivity index (χ4v) is 1.35. The minimum Gasteiger partial charge on any atom is -0.458 e. The first-order valence-corrected chi connectivity index (χ1v) is 5.49. The maximum absolute atomic E-state index is 11.9. The molecule has 0 aromatic heterocycles. The molecule has 1 aromatic carbocycles. The number of anilines is 1. The third-order valence-corrected chi connectivity index (χ3v) is 2.06. The second-order valence-electron chi connectivity index (χ2n) is 4.82. The summed E-state index contributed by atoms with van der Waals surface area (Å²) in [6, 6.07) is 5.53. The van der Waals surface area contributed by atoms with Gasteiger partial charge in [0.25, 0.3) is 0 Å². The first kappa shape index (κ1) is 13.9. The van der Waals surface area contributed by atoms with E-state index < -0.39 is 17.6 Å². The summed E-state index contributed by atoms with van der Waals surface area (Å²) in [4.78, 5) is 25.8. The lowest BCUT2D eigenvalue weighted by atomic mass is 10.1. The summed E-state index contributed by atoms with van der Waals surface area (Å²) >= 11 is 0. The van der Waals surface area contributed by atoms with Gasteiger partial charge in [0.2, 0.25) is 6.08 Å². The number of hydrogen-bond acceptors (Lipinski definition) is 5. The van der Waals surface area contributed by atoms with E-state index in [-0.39, 0.29) is 0 Å². The van der Waals surface area contributed by atoms with Gasteiger partial charge < -0.3 is 10.5 Å². The number of ether oxygens (including phenoxy) is 1. The van der Waals surface area contributed by atoms with Gasteiger partial charge in [-0.25, -0.2) is 9.59 Å². The Morgan fingerprint density at radius 2 is 1.89 bits per heavy atom. The normalized spacial score (nSPS) is 12.4. The van der Waals surface area contributed by atoms with Gasteiger partial charge in [-0.1, -0.05) is 12.1 Å². The Morgan fingerprint density at radius 1 is 1.33 bits per heavy atom. The molecule has 0 saturated carbocycles. The van der Waals surface area contributed by atoms with Crippen LogP contribution in [0.25, 0.3) is 0 Å². The van der Waals surface area contributed by atoms with Crippen molar-refractivity contribution in [3.63, 3.8) is 0 Å². The number of esters is 1. The van der Waals surface area contributed by atoms with Crippen LogP contribution in [0.3, 0.4) is 0 Å². The molecule has 0 amide bonds. The quantitative estimate of drug-likeness (QED) is 0.384. The van der Waals surface area contributed by atoms with E-state index in [1.807, 2.05) is 0 Å². The van der Waals surface area contributed by atoms with Crippen LogP contribution in [-0.2, 0) is 14.3 Å². The molecular weight excluding hydrogens is 232 g/mol. The lowest BCUT2D eigenvalue weighted by molar-refractivity contribution is -0.156. The zero-order valence-corrected chi connectivity index (χ0v) is 10.6. The molecule has 0 saturated heterocycles. The van der Waals surface area contributed by atoms with E-state index in [9.17, 15) is 9.59 Å². The molecular formula is C13H16N2O3. The number of hydrogen-bond donors (Lipinski definition) is 1. The van der Waals surface area contributed by atoms with Crippen molar-refractivity contribution in [3.05, 3.63) is 29.8 Å². The molecule has 5 nitrogen and oxygen atoms in total. The molecule has 0 fully saturated rings. The predicted octanol–water partition coefficient (Wildman–Crippen LogP) is 1.99. The highest BCUT2D eigenvalue weighted by Crippen LogP contribution is 2.22. The van der Waals surface area contributed by atoms with E-state index in [2.05, 4.69) is 4.99 Å². The van der Waals surface area contributed by atoms with Gasteiger partial charge in [0, 0.05) is 5.69 Å². The van der Waals surface area contributed by atoms with Crippen LogP contribution >= 0.6 is 0 Å². The topological polar surface area (TPSA) is 81.8 Å². The van der Waals surface area contributed by atoms with Crippen LogP contribution in [0.2, 0.25) is 0 Å².